The zero-order valence-electron chi connectivity index (χ0n) is 12.1. The van der Waals surface area contributed by atoms with E-state index in [1.54, 1.807) is 39.8 Å². The van der Waals surface area contributed by atoms with Crippen molar-refractivity contribution in [2.75, 3.05) is 14.1 Å². The zero-order chi connectivity index (χ0) is 15.6. The van der Waals surface area contributed by atoms with Crippen LogP contribution in [-0.2, 0) is 10.0 Å². The molecule has 1 aromatic rings. The molecule has 0 saturated heterocycles. The van der Waals surface area contributed by atoms with Gasteiger partial charge < -0.3 is 10.0 Å². The highest BCUT2D eigenvalue weighted by Gasteiger charge is 2.26. The molecule has 0 aliphatic heterocycles. The Bertz CT molecular complexity index is 605. The number of aromatic nitrogens is 2. The third kappa shape index (κ3) is 4.74. The van der Waals surface area contributed by atoms with Crippen LogP contribution in [0.25, 0.3) is 0 Å². The highest BCUT2D eigenvalue weighted by atomic mass is 32.2. The SMILES string of the molecule is CN(C)/C=N/c1ncc(S(=O)(=O)NC(C)(C)C)c(O)n1. The van der Waals surface area contributed by atoms with Crippen LogP contribution in [0.3, 0.4) is 0 Å². The van der Waals surface area contributed by atoms with Gasteiger partial charge in [-0.15, -0.1) is 0 Å². The van der Waals surface area contributed by atoms with Crippen LogP contribution in [0.2, 0.25) is 0 Å². The molecule has 1 heterocycles. The lowest BCUT2D eigenvalue weighted by Crippen LogP contribution is -2.40. The van der Waals surface area contributed by atoms with E-state index in [4.69, 9.17) is 0 Å². The van der Waals surface area contributed by atoms with Gasteiger partial charge in [0, 0.05) is 19.6 Å². The largest absolute Gasteiger partial charge is 0.492 e. The predicted octanol–water partition coefficient (Wildman–Crippen LogP) is 0.480. The number of nitrogens with one attached hydrogen (secondary N) is 1. The van der Waals surface area contributed by atoms with Crippen molar-refractivity contribution in [2.24, 2.45) is 4.99 Å². The van der Waals surface area contributed by atoms with Gasteiger partial charge in [-0.25, -0.2) is 23.1 Å². The van der Waals surface area contributed by atoms with Crippen molar-refractivity contribution < 1.29 is 13.5 Å². The number of aromatic hydroxyl groups is 1. The van der Waals surface area contributed by atoms with Gasteiger partial charge in [0.15, 0.2) is 4.90 Å². The number of nitrogens with zero attached hydrogens (tertiary/aromatic N) is 4. The minimum absolute atomic E-state index is 0.0223. The molecule has 1 rings (SSSR count). The molecule has 0 saturated carbocycles. The summed E-state index contributed by atoms with van der Waals surface area (Å²) in [5.41, 5.74) is -0.674. The van der Waals surface area contributed by atoms with Crippen LogP contribution in [0.4, 0.5) is 5.95 Å². The van der Waals surface area contributed by atoms with Gasteiger partial charge in [0.05, 0.1) is 12.5 Å². The molecule has 0 unspecified atom stereocenters. The molecule has 9 heteroatoms. The second-order valence-corrected chi connectivity index (χ2v) is 7.07. The van der Waals surface area contributed by atoms with Crippen molar-refractivity contribution in [3.8, 4) is 5.88 Å². The summed E-state index contributed by atoms with van der Waals surface area (Å²) in [7, 11) is -0.365. The molecular formula is C11H19N5O3S. The Morgan fingerprint density at radius 3 is 2.45 bits per heavy atom. The highest BCUT2D eigenvalue weighted by molar-refractivity contribution is 7.89. The van der Waals surface area contributed by atoms with Crippen LogP contribution in [0.15, 0.2) is 16.1 Å². The van der Waals surface area contributed by atoms with Crippen LogP contribution in [0.5, 0.6) is 5.88 Å². The van der Waals surface area contributed by atoms with Crippen molar-refractivity contribution in [1.29, 1.82) is 0 Å². The molecule has 0 aliphatic rings. The van der Waals surface area contributed by atoms with E-state index in [0.29, 0.717) is 0 Å². The van der Waals surface area contributed by atoms with Crippen molar-refractivity contribution in [3.05, 3.63) is 6.20 Å². The fourth-order valence-electron chi connectivity index (χ4n) is 1.23. The van der Waals surface area contributed by atoms with Crippen molar-refractivity contribution in [3.63, 3.8) is 0 Å². The topological polar surface area (TPSA) is 108 Å². The quantitative estimate of drug-likeness (QED) is 0.618. The summed E-state index contributed by atoms with van der Waals surface area (Å²) in [4.78, 5) is 12.6. The summed E-state index contributed by atoms with van der Waals surface area (Å²) >= 11 is 0. The minimum atomic E-state index is -3.88. The van der Waals surface area contributed by atoms with E-state index in [1.807, 2.05) is 0 Å². The number of hydrogen-bond acceptors (Lipinski definition) is 6. The van der Waals surface area contributed by atoms with Crippen molar-refractivity contribution in [2.45, 2.75) is 31.2 Å². The van der Waals surface area contributed by atoms with E-state index in [2.05, 4.69) is 19.7 Å². The molecule has 0 aromatic carbocycles. The standard InChI is InChI=1S/C11H19N5O3S/c1-11(2,3)15-20(18,19)8-6-12-10(14-9(8)17)13-7-16(4)5/h6-7,15H,1-5H3,(H,12,14,17)/b13-7+. The van der Waals surface area contributed by atoms with Gasteiger partial charge in [-0.05, 0) is 20.8 Å². The summed E-state index contributed by atoms with van der Waals surface area (Å²) in [6, 6.07) is 0. The predicted molar refractivity (Wildman–Crippen MR) is 75.6 cm³/mol. The maximum Gasteiger partial charge on any atom is 0.254 e. The summed E-state index contributed by atoms with van der Waals surface area (Å²) in [5, 5.41) is 9.73. The van der Waals surface area contributed by atoms with Crippen LogP contribution in [0, 0.1) is 0 Å². The Labute approximate surface area is 118 Å². The number of aliphatic imine (C=N–C) groups is 1. The Kier molecular flexibility index (Phi) is 4.66. The molecule has 0 spiro atoms. The second-order valence-electron chi connectivity index (χ2n) is 5.42. The van der Waals surface area contributed by atoms with E-state index in [0.717, 1.165) is 6.20 Å². The third-order valence-electron chi connectivity index (χ3n) is 1.86. The molecule has 8 nitrogen and oxygen atoms in total. The molecular weight excluding hydrogens is 282 g/mol. The van der Waals surface area contributed by atoms with Gasteiger partial charge in [-0.3, -0.25) is 0 Å². The van der Waals surface area contributed by atoms with Gasteiger partial charge in [-0.1, -0.05) is 0 Å². The van der Waals surface area contributed by atoms with Gasteiger partial charge in [0.1, 0.15) is 0 Å². The molecule has 0 radical (unpaired) electrons. The Morgan fingerprint density at radius 2 is 2.00 bits per heavy atom. The fraction of sp³-hybridized carbons (Fsp3) is 0.545. The van der Waals surface area contributed by atoms with Crippen LogP contribution >= 0.6 is 0 Å². The zero-order valence-corrected chi connectivity index (χ0v) is 12.9. The molecule has 0 atom stereocenters. The maximum atomic E-state index is 12.0. The maximum absolute atomic E-state index is 12.0. The summed E-state index contributed by atoms with van der Waals surface area (Å²) in [6.07, 6.45) is 2.47. The first-order valence-corrected chi connectivity index (χ1v) is 7.30. The summed E-state index contributed by atoms with van der Waals surface area (Å²) < 4.78 is 26.5. The van der Waals surface area contributed by atoms with E-state index < -0.39 is 21.4 Å². The van der Waals surface area contributed by atoms with Gasteiger partial charge in [0.25, 0.3) is 5.95 Å². The van der Waals surface area contributed by atoms with Crippen molar-refractivity contribution >= 4 is 22.3 Å². The molecule has 20 heavy (non-hydrogen) atoms. The minimum Gasteiger partial charge on any atom is -0.492 e. The van der Waals surface area contributed by atoms with Crippen LogP contribution in [-0.4, -0.2) is 54.4 Å². The van der Waals surface area contributed by atoms with Crippen LogP contribution < -0.4 is 4.72 Å². The Morgan fingerprint density at radius 1 is 1.40 bits per heavy atom. The molecule has 0 bridgehead atoms. The molecule has 0 fully saturated rings. The molecule has 112 valence electrons. The first-order valence-electron chi connectivity index (χ1n) is 5.82. The fourth-order valence-corrected chi connectivity index (χ4v) is 2.62. The Balaban J connectivity index is 3.11. The number of hydrogen-bond donors (Lipinski definition) is 2. The van der Waals surface area contributed by atoms with Crippen LogP contribution in [0.1, 0.15) is 20.8 Å². The second kappa shape index (κ2) is 5.71. The molecule has 1 aromatic heterocycles. The van der Waals surface area contributed by atoms with Gasteiger partial charge in [-0.2, -0.15) is 4.98 Å². The van der Waals surface area contributed by atoms with E-state index >= 15 is 0 Å². The lowest BCUT2D eigenvalue weighted by Gasteiger charge is -2.20. The average molecular weight is 301 g/mol. The average Bonchev–Trinajstić information content (AvgIpc) is 2.22. The normalized spacial score (nSPS) is 12.8. The lowest BCUT2D eigenvalue weighted by atomic mass is 10.1. The molecule has 0 amide bonds. The number of sulfonamides is 1. The summed E-state index contributed by atoms with van der Waals surface area (Å²) in [6.45, 7) is 5.08. The first-order chi connectivity index (χ1) is 9.01. The first kappa shape index (κ1) is 16.3. The summed E-state index contributed by atoms with van der Waals surface area (Å²) in [5.74, 6) is -0.659. The Hall–Kier alpha value is -1.74. The monoisotopic (exact) mass is 301 g/mol. The lowest BCUT2D eigenvalue weighted by molar-refractivity contribution is 0.431. The van der Waals surface area contributed by atoms with E-state index in [1.165, 1.54) is 6.34 Å². The third-order valence-corrected chi connectivity index (χ3v) is 3.61. The highest BCUT2D eigenvalue weighted by Crippen LogP contribution is 2.22. The molecule has 0 aliphatic carbocycles. The number of rotatable bonds is 4. The smallest absolute Gasteiger partial charge is 0.254 e. The van der Waals surface area contributed by atoms with E-state index in [9.17, 15) is 13.5 Å². The van der Waals surface area contributed by atoms with Gasteiger partial charge >= 0.3 is 0 Å². The van der Waals surface area contributed by atoms with Crippen molar-refractivity contribution in [1.82, 2.24) is 19.6 Å². The van der Waals surface area contributed by atoms with E-state index in [-0.39, 0.29) is 10.8 Å². The van der Waals surface area contributed by atoms with Gasteiger partial charge in [0.2, 0.25) is 15.9 Å². The molecule has 2 N–H and O–H groups in total.